The lowest BCUT2D eigenvalue weighted by Gasteiger charge is -2.11. The van der Waals surface area contributed by atoms with Crippen LogP contribution in [0.2, 0.25) is 0 Å². The average molecular weight is 369 g/mol. The zero-order chi connectivity index (χ0) is 15.8. The van der Waals surface area contributed by atoms with Crippen LogP contribution in [0.1, 0.15) is 5.82 Å². The van der Waals surface area contributed by atoms with E-state index >= 15 is 0 Å². The number of rotatable bonds is 2. The molecular weight excluding hydrogens is 363 g/mol. The molecule has 0 fully saturated rings. The highest BCUT2D eigenvalue weighted by Crippen LogP contribution is 2.30. The molecule has 2 aromatic rings. The van der Waals surface area contributed by atoms with Gasteiger partial charge in [0.25, 0.3) is 0 Å². The molecule has 10 heteroatoms. The third-order valence-electron chi connectivity index (χ3n) is 2.26. The standard InChI is InChI=1S/C11H6BrF5N4/c12-4-1-5(13)9(6(14)2-4)20-8-3-7(18)19-10(21-8)11(15,16)17/h1-3H,(H3,18,19,20,21). The first kappa shape index (κ1) is 15.4. The van der Waals surface area contributed by atoms with Crippen molar-refractivity contribution < 1.29 is 22.0 Å². The van der Waals surface area contributed by atoms with Gasteiger partial charge in [0.1, 0.15) is 17.3 Å². The van der Waals surface area contributed by atoms with Gasteiger partial charge in [-0.05, 0) is 12.1 Å². The Morgan fingerprint density at radius 1 is 1.05 bits per heavy atom. The number of aromatic nitrogens is 2. The summed E-state index contributed by atoms with van der Waals surface area (Å²) in [6.07, 6.45) is -4.83. The van der Waals surface area contributed by atoms with Crippen LogP contribution >= 0.6 is 15.9 Å². The van der Waals surface area contributed by atoms with Gasteiger partial charge in [-0.3, -0.25) is 0 Å². The number of alkyl halides is 3. The van der Waals surface area contributed by atoms with Gasteiger partial charge < -0.3 is 11.1 Å². The molecule has 0 radical (unpaired) electrons. The molecule has 1 heterocycles. The van der Waals surface area contributed by atoms with E-state index in [-0.39, 0.29) is 4.47 Å². The van der Waals surface area contributed by atoms with Crippen LogP contribution in [0, 0.1) is 11.6 Å². The third kappa shape index (κ3) is 3.57. The van der Waals surface area contributed by atoms with Gasteiger partial charge in [-0.2, -0.15) is 13.2 Å². The maximum atomic E-state index is 13.6. The maximum Gasteiger partial charge on any atom is 0.451 e. The van der Waals surface area contributed by atoms with E-state index in [9.17, 15) is 22.0 Å². The summed E-state index contributed by atoms with van der Waals surface area (Å²) in [6.45, 7) is 0. The van der Waals surface area contributed by atoms with Gasteiger partial charge in [0.15, 0.2) is 11.6 Å². The molecular formula is C11H6BrF5N4. The van der Waals surface area contributed by atoms with Crippen LogP contribution in [0.5, 0.6) is 0 Å². The Kier molecular flexibility index (Phi) is 3.99. The number of benzene rings is 1. The molecule has 0 atom stereocenters. The zero-order valence-corrected chi connectivity index (χ0v) is 11.6. The number of halogens is 6. The minimum Gasteiger partial charge on any atom is -0.384 e. The lowest BCUT2D eigenvalue weighted by molar-refractivity contribution is -0.144. The fraction of sp³-hybridized carbons (Fsp3) is 0.0909. The maximum absolute atomic E-state index is 13.6. The highest BCUT2D eigenvalue weighted by Gasteiger charge is 2.35. The minimum atomic E-state index is -4.83. The van der Waals surface area contributed by atoms with Gasteiger partial charge in [-0.25, -0.2) is 18.7 Å². The van der Waals surface area contributed by atoms with Gasteiger partial charge in [0.2, 0.25) is 5.82 Å². The van der Waals surface area contributed by atoms with E-state index in [1.54, 1.807) is 0 Å². The monoisotopic (exact) mass is 368 g/mol. The average Bonchev–Trinajstić information content (AvgIpc) is 2.32. The lowest BCUT2D eigenvalue weighted by Crippen LogP contribution is -2.14. The normalized spacial score (nSPS) is 11.5. The SMILES string of the molecule is Nc1cc(Nc2c(F)cc(Br)cc2F)nc(C(F)(F)F)n1. The molecule has 4 nitrogen and oxygen atoms in total. The molecule has 0 saturated carbocycles. The van der Waals surface area contributed by atoms with Crippen molar-refractivity contribution in [3.8, 4) is 0 Å². The molecule has 0 unspecified atom stereocenters. The second-order valence-electron chi connectivity index (χ2n) is 3.87. The van der Waals surface area contributed by atoms with Gasteiger partial charge in [-0.15, -0.1) is 0 Å². The largest absolute Gasteiger partial charge is 0.451 e. The summed E-state index contributed by atoms with van der Waals surface area (Å²) in [5, 5.41) is 2.12. The van der Waals surface area contributed by atoms with Crippen LogP contribution in [-0.4, -0.2) is 9.97 Å². The van der Waals surface area contributed by atoms with E-state index in [1.165, 1.54) is 0 Å². The Morgan fingerprint density at radius 3 is 2.14 bits per heavy atom. The quantitative estimate of drug-likeness (QED) is 0.790. The van der Waals surface area contributed by atoms with Gasteiger partial charge in [0.05, 0.1) is 0 Å². The summed E-state index contributed by atoms with van der Waals surface area (Å²) in [5.41, 5.74) is 4.58. The lowest BCUT2D eigenvalue weighted by atomic mass is 10.3. The Morgan fingerprint density at radius 2 is 1.62 bits per heavy atom. The van der Waals surface area contributed by atoms with Crippen LogP contribution in [0.25, 0.3) is 0 Å². The van der Waals surface area contributed by atoms with Crippen LogP contribution in [0.3, 0.4) is 0 Å². The number of nitrogen functional groups attached to an aromatic ring is 1. The predicted octanol–water partition coefficient (Wildman–Crippen LogP) is 3.86. The minimum absolute atomic E-state index is 0.140. The van der Waals surface area contributed by atoms with E-state index in [0.29, 0.717) is 0 Å². The van der Waals surface area contributed by atoms with Crippen LogP contribution < -0.4 is 11.1 Å². The molecule has 112 valence electrons. The van der Waals surface area contributed by atoms with Gasteiger partial charge >= 0.3 is 6.18 Å². The summed E-state index contributed by atoms with van der Waals surface area (Å²) >= 11 is 2.88. The van der Waals surface area contributed by atoms with Crippen molar-refractivity contribution in [2.75, 3.05) is 11.1 Å². The van der Waals surface area contributed by atoms with E-state index in [2.05, 4.69) is 31.2 Å². The van der Waals surface area contributed by atoms with Crippen LogP contribution in [-0.2, 0) is 6.18 Å². The molecule has 2 rings (SSSR count). The third-order valence-corrected chi connectivity index (χ3v) is 2.72. The highest BCUT2D eigenvalue weighted by atomic mass is 79.9. The van der Waals surface area contributed by atoms with Crippen molar-refractivity contribution >= 4 is 33.3 Å². The first-order chi connectivity index (χ1) is 9.66. The van der Waals surface area contributed by atoms with Crippen molar-refractivity contribution in [2.45, 2.75) is 6.18 Å². The number of hydrogen-bond donors (Lipinski definition) is 2. The van der Waals surface area contributed by atoms with Crippen molar-refractivity contribution in [1.29, 1.82) is 0 Å². The first-order valence-electron chi connectivity index (χ1n) is 5.30. The molecule has 1 aromatic carbocycles. The summed E-state index contributed by atoms with van der Waals surface area (Å²) in [4.78, 5) is 6.14. The summed E-state index contributed by atoms with van der Waals surface area (Å²) in [6, 6.07) is 2.82. The van der Waals surface area contributed by atoms with Gasteiger partial charge in [0, 0.05) is 10.5 Å². The summed E-state index contributed by atoms with van der Waals surface area (Å²) in [5.74, 6) is -4.49. The van der Waals surface area contributed by atoms with E-state index in [4.69, 9.17) is 5.73 Å². The summed E-state index contributed by atoms with van der Waals surface area (Å²) in [7, 11) is 0. The Bertz CT molecular complexity index is 666. The number of anilines is 3. The Hall–Kier alpha value is -1.97. The molecule has 0 saturated heterocycles. The fourth-order valence-electron chi connectivity index (χ4n) is 1.45. The molecule has 21 heavy (non-hydrogen) atoms. The van der Waals surface area contributed by atoms with E-state index in [0.717, 1.165) is 18.2 Å². The van der Waals surface area contributed by atoms with E-state index in [1.807, 2.05) is 0 Å². The van der Waals surface area contributed by atoms with Crippen molar-refractivity contribution in [1.82, 2.24) is 9.97 Å². The molecule has 3 N–H and O–H groups in total. The molecule has 0 aliphatic carbocycles. The number of nitrogens with zero attached hydrogens (tertiary/aromatic N) is 2. The van der Waals surface area contributed by atoms with Crippen molar-refractivity contribution in [3.05, 3.63) is 40.1 Å². The first-order valence-corrected chi connectivity index (χ1v) is 6.09. The topological polar surface area (TPSA) is 63.8 Å². The zero-order valence-electron chi connectivity index (χ0n) is 9.97. The molecule has 0 aliphatic heterocycles. The molecule has 0 spiro atoms. The molecule has 0 aliphatic rings. The second-order valence-corrected chi connectivity index (χ2v) is 4.78. The predicted molar refractivity (Wildman–Crippen MR) is 68.8 cm³/mol. The van der Waals surface area contributed by atoms with Crippen molar-refractivity contribution in [2.24, 2.45) is 0 Å². The smallest absolute Gasteiger partial charge is 0.384 e. The van der Waals surface area contributed by atoms with E-state index < -0.39 is 41.0 Å². The number of nitrogens with two attached hydrogens (primary N) is 1. The Labute approximate surface area is 123 Å². The second kappa shape index (κ2) is 5.43. The van der Waals surface area contributed by atoms with Crippen molar-refractivity contribution in [3.63, 3.8) is 0 Å². The Balaban J connectivity index is 2.43. The summed E-state index contributed by atoms with van der Waals surface area (Å²) < 4.78 is 65.0. The van der Waals surface area contributed by atoms with Crippen LogP contribution in [0.15, 0.2) is 22.7 Å². The fourth-order valence-corrected chi connectivity index (χ4v) is 1.85. The molecule has 0 bridgehead atoms. The molecule has 0 amide bonds. The molecule has 1 aromatic heterocycles. The van der Waals surface area contributed by atoms with Crippen LogP contribution in [0.4, 0.5) is 39.3 Å². The highest BCUT2D eigenvalue weighted by molar-refractivity contribution is 9.10. The number of hydrogen-bond acceptors (Lipinski definition) is 4. The number of nitrogens with one attached hydrogen (secondary N) is 1. The van der Waals surface area contributed by atoms with Gasteiger partial charge in [-0.1, -0.05) is 15.9 Å².